The lowest BCUT2D eigenvalue weighted by Crippen LogP contribution is -2.33. The third-order valence-corrected chi connectivity index (χ3v) is 3.05. The average Bonchev–Trinajstić information content (AvgIpc) is 3.07. The van der Waals surface area contributed by atoms with Crippen LogP contribution in [0.15, 0.2) is 39.7 Å². The van der Waals surface area contributed by atoms with Crippen LogP contribution in [0.1, 0.15) is 18.6 Å². The fourth-order valence-electron chi connectivity index (χ4n) is 1.93. The summed E-state index contributed by atoms with van der Waals surface area (Å²) in [4.78, 5) is 4.29. The quantitative estimate of drug-likeness (QED) is 0.638. The molecule has 0 radical (unpaired) electrons. The van der Waals surface area contributed by atoms with Crippen molar-refractivity contribution in [2.75, 3.05) is 6.54 Å². The lowest BCUT2D eigenvalue weighted by molar-refractivity contribution is 0.550. The van der Waals surface area contributed by atoms with Crippen molar-refractivity contribution in [3.63, 3.8) is 0 Å². The Kier molecular flexibility index (Phi) is 2.92. The second-order valence-electron chi connectivity index (χ2n) is 4.69. The van der Waals surface area contributed by atoms with E-state index in [9.17, 15) is 0 Å². The molecule has 1 heterocycles. The maximum atomic E-state index is 5.76. The Balaban J connectivity index is 1.58. The van der Waals surface area contributed by atoms with Gasteiger partial charge in [-0.1, -0.05) is 18.2 Å². The molecule has 1 saturated carbocycles. The van der Waals surface area contributed by atoms with Crippen molar-refractivity contribution in [3.8, 4) is 0 Å². The average molecular weight is 243 g/mol. The number of hydrogen-bond donors (Lipinski definition) is 2. The molecule has 0 unspecified atom stereocenters. The Bertz CT molecular complexity index is 536. The van der Waals surface area contributed by atoms with E-state index in [2.05, 4.69) is 22.4 Å². The number of furan rings is 1. The van der Waals surface area contributed by atoms with E-state index in [4.69, 9.17) is 10.2 Å². The first-order chi connectivity index (χ1) is 8.81. The number of guanidine groups is 1. The van der Waals surface area contributed by atoms with Crippen LogP contribution in [0.25, 0.3) is 11.0 Å². The molecule has 0 saturated heterocycles. The number of rotatable bonds is 4. The van der Waals surface area contributed by atoms with Crippen LogP contribution in [0.4, 0.5) is 0 Å². The van der Waals surface area contributed by atoms with Gasteiger partial charge in [0.25, 0.3) is 0 Å². The summed E-state index contributed by atoms with van der Waals surface area (Å²) in [7, 11) is 0. The number of nitrogens with zero attached hydrogens (tertiary/aromatic N) is 1. The van der Waals surface area contributed by atoms with Gasteiger partial charge >= 0.3 is 0 Å². The topological polar surface area (TPSA) is 63.5 Å². The number of hydrogen-bond acceptors (Lipinski definition) is 2. The lowest BCUT2D eigenvalue weighted by atomic mass is 10.2. The summed E-state index contributed by atoms with van der Waals surface area (Å²) in [6, 6.07) is 10.6. The molecule has 4 heteroatoms. The van der Waals surface area contributed by atoms with Crippen LogP contribution in [0.5, 0.6) is 0 Å². The largest absolute Gasteiger partial charge is 0.461 e. The van der Waals surface area contributed by atoms with Crippen LogP contribution >= 0.6 is 0 Å². The lowest BCUT2D eigenvalue weighted by Gasteiger charge is -2.01. The molecule has 4 nitrogen and oxygen atoms in total. The summed E-state index contributed by atoms with van der Waals surface area (Å²) in [5.41, 5.74) is 6.69. The molecule has 0 spiro atoms. The highest BCUT2D eigenvalue weighted by Crippen LogP contribution is 2.19. The zero-order chi connectivity index (χ0) is 12.4. The van der Waals surface area contributed by atoms with Crippen LogP contribution in [0, 0.1) is 0 Å². The van der Waals surface area contributed by atoms with Crippen molar-refractivity contribution >= 4 is 16.9 Å². The van der Waals surface area contributed by atoms with E-state index in [1.54, 1.807) is 0 Å². The molecule has 1 aromatic heterocycles. The predicted molar refractivity (Wildman–Crippen MR) is 72.6 cm³/mol. The Morgan fingerprint density at radius 2 is 2.22 bits per heavy atom. The minimum atomic E-state index is 0.550. The van der Waals surface area contributed by atoms with Crippen LogP contribution in [0.2, 0.25) is 0 Å². The molecule has 0 atom stereocenters. The fourth-order valence-corrected chi connectivity index (χ4v) is 1.93. The number of fused-ring (bicyclic) bond motifs is 1. The van der Waals surface area contributed by atoms with E-state index in [0.29, 0.717) is 18.5 Å². The highest BCUT2D eigenvalue weighted by Gasteiger charge is 2.21. The van der Waals surface area contributed by atoms with Gasteiger partial charge in [-0.05, 0) is 25.0 Å². The van der Waals surface area contributed by atoms with Crippen LogP contribution in [0.3, 0.4) is 0 Å². The van der Waals surface area contributed by atoms with Gasteiger partial charge in [-0.25, -0.2) is 0 Å². The van der Waals surface area contributed by atoms with E-state index in [0.717, 1.165) is 23.2 Å². The molecule has 0 amide bonds. The van der Waals surface area contributed by atoms with Gasteiger partial charge in [0, 0.05) is 24.4 Å². The number of aliphatic imine (C=N–C) groups is 1. The molecule has 2 aromatic rings. The van der Waals surface area contributed by atoms with Crippen molar-refractivity contribution in [2.45, 2.75) is 25.3 Å². The van der Waals surface area contributed by atoms with E-state index < -0.39 is 0 Å². The summed E-state index contributed by atoms with van der Waals surface area (Å²) in [6.07, 6.45) is 3.20. The maximum Gasteiger partial charge on any atom is 0.188 e. The Morgan fingerprint density at radius 1 is 1.39 bits per heavy atom. The molecular formula is C14H17N3O. The van der Waals surface area contributed by atoms with Gasteiger partial charge in [0.05, 0.1) is 0 Å². The molecule has 1 fully saturated rings. The van der Waals surface area contributed by atoms with Gasteiger partial charge < -0.3 is 15.5 Å². The second-order valence-corrected chi connectivity index (χ2v) is 4.69. The number of nitrogens with one attached hydrogen (secondary N) is 1. The standard InChI is InChI=1S/C14H17N3O/c15-14(17-11-5-6-11)16-8-7-12-9-10-3-1-2-4-13(10)18-12/h1-4,9,11H,5-8H2,(H3,15,16,17). The molecule has 0 aliphatic heterocycles. The molecule has 1 aromatic carbocycles. The van der Waals surface area contributed by atoms with E-state index in [1.807, 2.05) is 18.2 Å². The molecule has 18 heavy (non-hydrogen) atoms. The van der Waals surface area contributed by atoms with Gasteiger partial charge in [-0.15, -0.1) is 0 Å². The van der Waals surface area contributed by atoms with Crippen molar-refractivity contribution in [3.05, 3.63) is 36.1 Å². The first kappa shape index (κ1) is 11.1. The Morgan fingerprint density at radius 3 is 3.00 bits per heavy atom. The Hall–Kier alpha value is -1.97. The van der Waals surface area contributed by atoms with Crippen molar-refractivity contribution < 1.29 is 4.42 Å². The highest BCUT2D eigenvalue weighted by molar-refractivity contribution is 5.79. The van der Waals surface area contributed by atoms with Gasteiger partial charge in [-0.2, -0.15) is 0 Å². The second kappa shape index (κ2) is 4.72. The molecular weight excluding hydrogens is 226 g/mol. The van der Waals surface area contributed by atoms with Gasteiger partial charge in [-0.3, -0.25) is 4.99 Å². The van der Waals surface area contributed by atoms with E-state index in [-0.39, 0.29) is 0 Å². The van der Waals surface area contributed by atoms with Crippen molar-refractivity contribution in [2.24, 2.45) is 10.7 Å². The minimum absolute atomic E-state index is 0.550. The summed E-state index contributed by atoms with van der Waals surface area (Å²) >= 11 is 0. The van der Waals surface area contributed by atoms with Crippen molar-refractivity contribution in [1.82, 2.24) is 5.32 Å². The van der Waals surface area contributed by atoms with Gasteiger partial charge in [0.15, 0.2) is 5.96 Å². The van der Waals surface area contributed by atoms with Gasteiger partial charge in [0.2, 0.25) is 0 Å². The smallest absolute Gasteiger partial charge is 0.188 e. The third-order valence-electron chi connectivity index (χ3n) is 3.05. The van der Waals surface area contributed by atoms with E-state index in [1.165, 1.54) is 12.8 Å². The molecule has 3 rings (SSSR count). The first-order valence-electron chi connectivity index (χ1n) is 6.35. The first-order valence-corrected chi connectivity index (χ1v) is 6.35. The summed E-state index contributed by atoms with van der Waals surface area (Å²) in [6.45, 7) is 0.658. The van der Waals surface area contributed by atoms with Gasteiger partial charge in [0.1, 0.15) is 11.3 Å². The summed E-state index contributed by atoms with van der Waals surface area (Å²) in [5.74, 6) is 1.51. The minimum Gasteiger partial charge on any atom is -0.461 e. The van der Waals surface area contributed by atoms with Crippen molar-refractivity contribution in [1.29, 1.82) is 0 Å². The normalized spacial score (nSPS) is 16.1. The molecule has 1 aliphatic carbocycles. The number of para-hydroxylation sites is 1. The molecule has 94 valence electrons. The monoisotopic (exact) mass is 243 g/mol. The predicted octanol–water partition coefficient (Wildman–Crippen LogP) is 2.04. The molecule has 0 bridgehead atoms. The third kappa shape index (κ3) is 2.64. The van der Waals surface area contributed by atoms with Crippen LogP contribution in [-0.4, -0.2) is 18.5 Å². The maximum absolute atomic E-state index is 5.76. The molecule has 3 N–H and O–H groups in total. The summed E-state index contributed by atoms with van der Waals surface area (Å²) < 4.78 is 5.71. The zero-order valence-corrected chi connectivity index (χ0v) is 10.2. The van der Waals surface area contributed by atoms with E-state index >= 15 is 0 Å². The van der Waals surface area contributed by atoms with Crippen LogP contribution < -0.4 is 11.1 Å². The fraction of sp³-hybridized carbons (Fsp3) is 0.357. The number of nitrogens with two attached hydrogens (primary N) is 1. The zero-order valence-electron chi connectivity index (χ0n) is 10.2. The molecule has 1 aliphatic rings. The van der Waals surface area contributed by atoms with Crippen LogP contribution in [-0.2, 0) is 6.42 Å². The number of benzene rings is 1. The highest BCUT2D eigenvalue weighted by atomic mass is 16.3. The SMILES string of the molecule is NC(=NCCc1cc2ccccc2o1)NC1CC1. The summed E-state index contributed by atoms with van der Waals surface area (Å²) in [5, 5.41) is 4.30. The Labute approximate surface area is 106 Å².